The summed E-state index contributed by atoms with van der Waals surface area (Å²) in [6, 6.07) is 6.31. The number of piperidine rings is 1. The van der Waals surface area contributed by atoms with Crippen LogP contribution < -0.4 is 4.74 Å². The predicted octanol–water partition coefficient (Wildman–Crippen LogP) is 4.13. The van der Waals surface area contributed by atoms with E-state index in [9.17, 15) is 22.8 Å². The number of alkyl halides is 3. The molecule has 2 aromatic rings. The Hall–Kier alpha value is -2.88. The predicted molar refractivity (Wildman–Crippen MR) is 123 cm³/mol. The summed E-state index contributed by atoms with van der Waals surface area (Å²) in [6.07, 6.45) is -1.33. The number of hydrogen-bond donors (Lipinski definition) is 0. The molecule has 1 amide bonds. The van der Waals surface area contributed by atoms with Gasteiger partial charge in [-0.05, 0) is 56.5 Å². The molecule has 0 saturated carbocycles. The number of likely N-dealkylation sites (tertiary alicyclic amines) is 1. The summed E-state index contributed by atoms with van der Waals surface area (Å²) >= 11 is 0. The van der Waals surface area contributed by atoms with Crippen LogP contribution in [0.3, 0.4) is 0 Å². The highest BCUT2D eigenvalue weighted by atomic mass is 19.4. The first-order valence-corrected chi connectivity index (χ1v) is 11.9. The van der Waals surface area contributed by atoms with Crippen LogP contribution in [-0.4, -0.2) is 70.5 Å². The van der Waals surface area contributed by atoms with Crippen molar-refractivity contribution in [2.24, 2.45) is 5.92 Å². The van der Waals surface area contributed by atoms with Crippen LogP contribution in [0.2, 0.25) is 0 Å². The van der Waals surface area contributed by atoms with Gasteiger partial charge in [-0.25, -0.2) is 4.98 Å². The molecular weight excluding hydrogens is 461 g/mol. The summed E-state index contributed by atoms with van der Waals surface area (Å²) in [6.45, 7) is 6.54. The fraction of sp³-hybridized carbons (Fsp3) is 0.560. The van der Waals surface area contributed by atoms with Crippen LogP contribution in [0.4, 0.5) is 13.2 Å². The van der Waals surface area contributed by atoms with Gasteiger partial charge in [0.1, 0.15) is 11.4 Å². The number of Topliss-reactive ketones (excluding diaryl/α,β-unsaturated/α-hetero) is 1. The number of aromatic nitrogens is 2. The first-order valence-electron chi connectivity index (χ1n) is 11.9. The van der Waals surface area contributed by atoms with Crippen molar-refractivity contribution in [1.82, 2.24) is 19.4 Å². The highest BCUT2D eigenvalue weighted by Gasteiger charge is 2.48. The van der Waals surface area contributed by atoms with Crippen LogP contribution in [0, 0.1) is 5.92 Å². The fourth-order valence-corrected chi connectivity index (χ4v) is 5.00. The molecule has 0 aromatic carbocycles. The maximum Gasteiger partial charge on any atom is 0.456 e. The number of fused-ring (bicyclic) bond motifs is 2. The van der Waals surface area contributed by atoms with E-state index in [0.29, 0.717) is 68.7 Å². The summed E-state index contributed by atoms with van der Waals surface area (Å²) in [5.41, 5.74) is 0.182. The Kier molecular flexibility index (Phi) is 6.95. The maximum atomic E-state index is 13.1. The molecule has 1 saturated heterocycles. The molecule has 0 unspecified atom stereocenters. The summed E-state index contributed by atoms with van der Waals surface area (Å²) < 4.78 is 46.4. The monoisotopic (exact) mass is 492 g/mol. The van der Waals surface area contributed by atoms with Crippen molar-refractivity contribution in [3.63, 3.8) is 0 Å². The van der Waals surface area contributed by atoms with Crippen molar-refractivity contribution in [3.05, 3.63) is 47.5 Å². The molecule has 7 nitrogen and oxygen atoms in total. The number of ether oxygens (including phenoxy) is 1. The van der Waals surface area contributed by atoms with Gasteiger partial charge in [0.15, 0.2) is 0 Å². The summed E-state index contributed by atoms with van der Waals surface area (Å²) in [4.78, 5) is 33.1. The third kappa shape index (κ3) is 4.94. The van der Waals surface area contributed by atoms with Gasteiger partial charge in [0.2, 0.25) is 0 Å². The van der Waals surface area contributed by atoms with Crippen LogP contribution in [-0.2, 0) is 12.1 Å². The lowest BCUT2D eigenvalue weighted by atomic mass is 9.81. The number of amides is 1. The van der Waals surface area contributed by atoms with E-state index in [1.54, 1.807) is 29.3 Å². The van der Waals surface area contributed by atoms with Crippen LogP contribution in [0.25, 0.3) is 0 Å². The zero-order valence-electron chi connectivity index (χ0n) is 20.3. The molecule has 0 radical (unpaired) electrons. The number of hydrogen-bond acceptors (Lipinski definition) is 5. The van der Waals surface area contributed by atoms with Gasteiger partial charge in [0, 0.05) is 31.9 Å². The molecule has 1 fully saturated rings. The molecule has 1 spiro atoms. The Balaban J connectivity index is 1.45. The molecule has 190 valence electrons. The normalized spacial score (nSPS) is 18.1. The number of rotatable bonds is 6. The quantitative estimate of drug-likeness (QED) is 0.568. The van der Waals surface area contributed by atoms with Crippen LogP contribution in [0.5, 0.6) is 5.75 Å². The third-order valence-corrected chi connectivity index (χ3v) is 7.13. The minimum absolute atomic E-state index is 0.185. The van der Waals surface area contributed by atoms with E-state index in [0.717, 1.165) is 6.42 Å². The summed E-state index contributed by atoms with van der Waals surface area (Å²) in [5, 5.41) is 0. The van der Waals surface area contributed by atoms with Crippen molar-refractivity contribution >= 4 is 11.7 Å². The smallest absolute Gasteiger partial charge is 0.456 e. The second-order valence-corrected chi connectivity index (χ2v) is 9.74. The first kappa shape index (κ1) is 25.2. The minimum Gasteiger partial charge on any atom is -0.492 e. The van der Waals surface area contributed by atoms with E-state index in [4.69, 9.17) is 4.74 Å². The van der Waals surface area contributed by atoms with Crippen LogP contribution in [0.1, 0.15) is 59.8 Å². The van der Waals surface area contributed by atoms with Crippen molar-refractivity contribution in [2.45, 2.75) is 51.4 Å². The van der Waals surface area contributed by atoms with Gasteiger partial charge in [-0.2, -0.15) is 13.2 Å². The van der Waals surface area contributed by atoms with Crippen LogP contribution >= 0.6 is 0 Å². The van der Waals surface area contributed by atoms with Crippen molar-refractivity contribution in [1.29, 1.82) is 0 Å². The first-order chi connectivity index (χ1) is 16.5. The number of halogens is 3. The van der Waals surface area contributed by atoms with Crippen molar-refractivity contribution in [3.8, 4) is 5.75 Å². The van der Waals surface area contributed by atoms with Gasteiger partial charge >= 0.3 is 6.18 Å². The summed E-state index contributed by atoms with van der Waals surface area (Å²) in [7, 11) is 1.94. The number of likely N-dealkylation sites (N-methyl/N-ethyl adjacent to an activating group) is 1. The molecule has 35 heavy (non-hydrogen) atoms. The van der Waals surface area contributed by atoms with Crippen molar-refractivity contribution in [2.75, 3.05) is 33.3 Å². The number of nitrogens with zero attached hydrogens (tertiary/aromatic N) is 4. The molecule has 0 bridgehead atoms. The minimum atomic E-state index is -4.91. The van der Waals surface area contributed by atoms with Gasteiger partial charge in [0.25, 0.3) is 11.7 Å². The Bertz CT molecular complexity index is 1070. The number of carbonyl (C=O) groups is 2. The molecule has 0 atom stereocenters. The number of carbonyl (C=O) groups excluding carboxylic acids is 2. The van der Waals surface area contributed by atoms with E-state index in [1.807, 2.05) is 7.05 Å². The second-order valence-electron chi connectivity index (χ2n) is 9.74. The van der Waals surface area contributed by atoms with Gasteiger partial charge in [-0.3, -0.25) is 14.5 Å². The molecule has 2 aliphatic rings. The van der Waals surface area contributed by atoms with E-state index in [2.05, 4.69) is 23.7 Å². The van der Waals surface area contributed by atoms with Gasteiger partial charge in [0.05, 0.1) is 24.0 Å². The maximum absolute atomic E-state index is 13.1. The molecule has 4 heterocycles. The molecule has 10 heteroatoms. The Morgan fingerprint density at radius 1 is 1.09 bits per heavy atom. The van der Waals surface area contributed by atoms with Gasteiger partial charge < -0.3 is 14.2 Å². The molecule has 2 aliphatic heterocycles. The third-order valence-electron chi connectivity index (χ3n) is 7.13. The topological polar surface area (TPSA) is 67.7 Å². The van der Waals surface area contributed by atoms with Gasteiger partial charge in [-0.1, -0.05) is 13.8 Å². The van der Waals surface area contributed by atoms with Crippen molar-refractivity contribution < 1.29 is 27.5 Å². The zero-order chi connectivity index (χ0) is 25.4. The second kappa shape index (κ2) is 9.64. The Morgan fingerprint density at radius 2 is 1.80 bits per heavy atom. The van der Waals surface area contributed by atoms with E-state index < -0.39 is 17.5 Å². The molecule has 0 aliphatic carbocycles. The number of pyridine rings is 1. The standard InChI is InChI=1S/C25H31F3N4O3/c1-17(2)8-15-35-18-4-5-19(29-16-18)23(34)31-11-9-24(10-12-31)21-7-6-20(22(33)25(26,27)28)32(21)14-13-30(24)3/h4-7,16-17H,8-15H2,1-3H3. The van der Waals surface area contributed by atoms with Crippen LogP contribution in [0.15, 0.2) is 30.5 Å². The highest BCUT2D eigenvalue weighted by molar-refractivity contribution is 5.99. The fourth-order valence-electron chi connectivity index (χ4n) is 5.00. The molecule has 4 rings (SSSR count). The lowest BCUT2D eigenvalue weighted by Crippen LogP contribution is -2.56. The lowest BCUT2D eigenvalue weighted by Gasteiger charge is -2.50. The number of ketones is 1. The lowest BCUT2D eigenvalue weighted by molar-refractivity contribution is -0.0892. The summed E-state index contributed by atoms with van der Waals surface area (Å²) in [5.74, 6) is -0.850. The largest absolute Gasteiger partial charge is 0.492 e. The molecular formula is C25H31F3N4O3. The van der Waals surface area contributed by atoms with E-state index in [1.165, 1.54) is 10.6 Å². The average molecular weight is 493 g/mol. The molecule has 0 N–H and O–H groups in total. The average Bonchev–Trinajstić information content (AvgIpc) is 3.26. The van der Waals surface area contributed by atoms with E-state index >= 15 is 0 Å². The highest BCUT2D eigenvalue weighted by Crippen LogP contribution is 2.42. The Labute approximate surface area is 202 Å². The van der Waals surface area contributed by atoms with E-state index in [-0.39, 0.29) is 11.6 Å². The van der Waals surface area contributed by atoms with Gasteiger partial charge in [-0.15, -0.1) is 0 Å². The molecule has 2 aromatic heterocycles. The zero-order valence-corrected chi connectivity index (χ0v) is 20.3. The SMILES string of the molecule is CC(C)CCOc1ccc(C(=O)N2CCC3(CC2)c2ccc(C(=O)C(F)(F)F)n2CCN3C)nc1. The Morgan fingerprint density at radius 3 is 2.40 bits per heavy atom.